The van der Waals surface area contributed by atoms with Gasteiger partial charge in [0.25, 0.3) is 5.91 Å². The van der Waals surface area contributed by atoms with Gasteiger partial charge in [0, 0.05) is 16.6 Å². The maximum atomic E-state index is 12.6. The van der Waals surface area contributed by atoms with Gasteiger partial charge in [-0.15, -0.1) is 0 Å². The number of rotatable bonds is 3. The first-order valence-corrected chi connectivity index (χ1v) is 7.54. The zero-order valence-corrected chi connectivity index (χ0v) is 13.8. The Morgan fingerprint density at radius 3 is 2.61 bits per heavy atom. The molecule has 2 N–H and O–H groups in total. The Labute approximate surface area is 135 Å². The SMILES string of the molecule is COc1ccc2[nH]c(C(=O)Nc3cc(C)ccc3C)c(C)c2c1. The number of hydrogen-bond acceptors (Lipinski definition) is 2. The molecule has 0 spiro atoms. The van der Waals surface area contributed by atoms with Crippen LogP contribution in [-0.4, -0.2) is 18.0 Å². The average molecular weight is 308 g/mol. The molecule has 1 amide bonds. The van der Waals surface area contributed by atoms with Gasteiger partial charge in [0.05, 0.1) is 7.11 Å². The molecule has 1 heterocycles. The summed E-state index contributed by atoms with van der Waals surface area (Å²) >= 11 is 0. The number of hydrogen-bond donors (Lipinski definition) is 2. The van der Waals surface area contributed by atoms with E-state index in [0.29, 0.717) is 5.69 Å². The van der Waals surface area contributed by atoms with E-state index in [-0.39, 0.29) is 5.91 Å². The summed E-state index contributed by atoms with van der Waals surface area (Å²) in [5.41, 5.74) is 5.42. The van der Waals surface area contributed by atoms with Gasteiger partial charge in [-0.1, -0.05) is 12.1 Å². The Hall–Kier alpha value is -2.75. The first-order chi connectivity index (χ1) is 11.0. The van der Waals surface area contributed by atoms with E-state index in [1.165, 1.54) is 0 Å². The van der Waals surface area contributed by atoms with Gasteiger partial charge in [-0.25, -0.2) is 0 Å². The van der Waals surface area contributed by atoms with E-state index >= 15 is 0 Å². The third kappa shape index (κ3) is 2.80. The highest BCUT2D eigenvalue weighted by Gasteiger charge is 2.16. The molecule has 0 aliphatic carbocycles. The van der Waals surface area contributed by atoms with E-state index in [4.69, 9.17) is 4.74 Å². The van der Waals surface area contributed by atoms with Crippen LogP contribution in [0, 0.1) is 20.8 Å². The zero-order valence-electron chi connectivity index (χ0n) is 13.8. The van der Waals surface area contributed by atoms with Crippen molar-refractivity contribution in [3.63, 3.8) is 0 Å². The summed E-state index contributed by atoms with van der Waals surface area (Å²) in [5.74, 6) is 0.646. The molecule has 3 aromatic rings. The standard InChI is InChI=1S/C19H20N2O2/c1-11-5-6-12(2)17(9-11)21-19(22)18-13(3)15-10-14(23-4)7-8-16(15)20-18/h5-10,20H,1-4H3,(H,21,22). The lowest BCUT2D eigenvalue weighted by atomic mass is 10.1. The van der Waals surface area contributed by atoms with Gasteiger partial charge in [-0.05, 0) is 61.7 Å². The van der Waals surface area contributed by atoms with Crippen LogP contribution in [0.25, 0.3) is 10.9 Å². The normalized spacial score (nSPS) is 10.8. The van der Waals surface area contributed by atoms with E-state index in [9.17, 15) is 4.79 Å². The second-order valence-electron chi connectivity index (χ2n) is 5.81. The highest BCUT2D eigenvalue weighted by Crippen LogP contribution is 2.27. The van der Waals surface area contributed by atoms with Gasteiger partial charge in [0.1, 0.15) is 11.4 Å². The number of carbonyl (C=O) groups excluding carboxylic acids is 1. The summed E-state index contributed by atoms with van der Waals surface area (Å²) in [6.45, 7) is 5.93. The molecule has 23 heavy (non-hydrogen) atoms. The molecule has 0 radical (unpaired) electrons. The predicted molar refractivity (Wildman–Crippen MR) is 93.5 cm³/mol. The van der Waals surface area contributed by atoms with E-state index in [2.05, 4.69) is 10.3 Å². The first kappa shape index (κ1) is 15.2. The van der Waals surface area contributed by atoms with E-state index in [1.807, 2.05) is 57.2 Å². The van der Waals surface area contributed by atoms with Gasteiger partial charge >= 0.3 is 0 Å². The van der Waals surface area contributed by atoms with Crippen LogP contribution in [0.2, 0.25) is 0 Å². The van der Waals surface area contributed by atoms with Crippen LogP contribution >= 0.6 is 0 Å². The Balaban J connectivity index is 1.97. The predicted octanol–water partition coefficient (Wildman–Crippen LogP) is 4.35. The number of aryl methyl sites for hydroxylation is 3. The molecule has 2 aromatic carbocycles. The Bertz CT molecular complexity index is 894. The molecular formula is C19H20N2O2. The van der Waals surface area contributed by atoms with Gasteiger partial charge in [0.15, 0.2) is 0 Å². The topological polar surface area (TPSA) is 54.1 Å². The number of H-pyrrole nitrogens is 1. The molecule has 0 atom stereocenters. The number of aromatic nitrogens is 1. The van der Waals surface area contributed by atoms with Crippen molar-refractivity contribution in [2.75, 3.05) is 12.4 Å². The van der Waals surface area contributed by atoms with Crippen LogP contribution in [0.1, 0.15) is 27.2 Å². The van der Waals surface area contributed by atoms with E-state index in [1.54, 1.807) is 7.11 Å². The first-order valence-electron chi connectivity index (χ1n) is 7.54. The number of carbonyl (C=O) groups is 1. The lowest BCUT2D eigenvalue weighted by Gasteiger charge is -2.09. The molecule has 4 nitrogen and oxygen atoms in total. The fourth-order valence-corrected chi connectivity index (χ4v) is 2.72. The van der Waals surface area contributed by atoms with Crippen molar-refractivity contribution < 1.29 is 9.53 Å². The summed E-state index contributed by atoms with van der Waals surface area (Å²) in [6.07, 6.45) is 0. The summed E-state index contributed by atoms with van der Waals surface area (Å²) < 4.78 is 5.26. The molecule has 4 heteroatoms. The van der Waals surface area contributed by atoms with E-state index in [0.717, 1.165) is 39.0 Å². The highest BCUT2D eigenvalue weighted by molar-refractivity contribution is 6.08. The van der Waals surface area contributed by atoms with Crippen LogP contribution in [-0.2, 0) is 0 Å². The lowest BCUT2D eigenvalue weighted by molar-refractivity contribution is 0.102. The van der Waals surface area contributed by atoms with Crippen molar-refractivity contribution in [3.8, 4) is 5.75 Å². The van der Waals surface area contributed by atoms with Crippen LogP contribution < -0.4 is 10.1 Å². The second kappa shape index (κ2) is 5.80. The van der Waals surface area contributed by atoms with Crippen LogP contribution in [0.5, 0.6) is 5.75 Å². The monoisotopic (exact) mass is 308 g/mol. The van der Waals surface area contributed by atoms with Gasteiger partial charge in [-0.3, -0.25) is 4.79 Å². The summed E-state index contributed by atoms with van der Waals surface area (Å²) in [6, 6.07) is 11.8. The number of benzene rings is 2. The molecule has 0 aliphatic heterocycles. The quantitative estimate of drug-likeness (QED) is 0.755. The molecular weight excluding hydrogens is 288 g/mol. The number of nitrogens with one attached hydrogen (secondary N) is 2. The van der Waals surface area contributed by atoms with Gasteiger partial charge < -0.3 is 15.0 Å². The maximum Gasteiger partial charge on any atom is 0.272 e. The second-order valence-corrected chi connectivity index (χ2v) is 5.81. The number of methoxy groups -OCH3 is 1. The molecule has 3 rings (SSSR count). The van der Waals surface area contributed by atoms with Crippen LogP contribution in [0.4, 0.5) is 5.69 Å². The molecule has 1 aromatic heterocycles. The molecule has 0 saturated heterocycles. The maximum absolute atomic E-state index is 12.6. The molecule has 0 aliphatic rings. The average Bonchev–Trinajstić information content (AvgIpc) is 2.87. The van der Waals surface area contributed by atoms with Crippen LogP contribution in [0.15, 0.2) is 36.4 Å². The smallest absolute Gasteiger partial charge is 0.272 e. The molecule has 0 fully saturated rings. The molecule has 0 unspecified atom stereocenters. The minimum absolute atomic E-state index is 0.133. The third-order valence-corrected chi connectivity index (χ3v) is 4.13. The number of anilines is 1. The number of ether oxygens (including phenoxy) is 1. The molecule has 0 saturated carbocycles. The number of amides is 1. The molecule has 118 valence electrons. The van der Waals surface area contributed by atoms with Crippen LogP contribution in [0.3, 0.4) is 0 Å². The van der Waals surface area contributed by atoms with Gasteiger partial charge in [0.2, 0.25) is 0 Å². The fraction of sp³-hybridized carbons (Fsp3) is 0.211. The van der Waals surface area contributed by atoms with Gasteiger partial charge in [-0.2, -0.15) is 0 Å². The summed E-state index contributed by atoms with van der Waals surface area (Å²) in [7, 11) is 1.64. The Morgan fingerprint density at radius 1 is 1.09 bits per heavy atom. The highest BCUT2D eigenvalue weighted by atomic mass is 16.5. The summed E-state index contributed by atoms with van der Waals surface area (Å²) in [5, 5.41) is 3.99. The minimum atomic E-state index is -0.133. The van der Waals surface area contributed by atoms with Crippen molar-refractivity contribution in [2.24, 2.45) is 0 Å². The Kier molecular flexibility index (Phi) is 3.82. The largest absolute Gasteiger partial charge is 0.497 e. The van der Waals surface area contributed by atoms with Crippen molar-refractivity contribution in [2.45, 2.75) is 20.8 Å². The van der Waals surface area contributed by atoms with Crippen molar-refractivity contribution in [1.82, 2.24) is 4.98 Å². The minimum Gasteiger partial charge on any atom is -0.497 e. The van der Waals surface area contributed by atoms with Crippen molar-refractivity contribution >= 4 is 22.5 Å². The summed E-state index contributed by atoms with van der Waals surface area (Å²) in [4.78, 5) is 15.9. The Morgan fingerprint density at radius 2 is 1.87 bits per heavy atom. The molecule has 0 bridgehead atoms. The van der Waals surface area contributed by atoms with E-state index < -0.39 is 0 Å². The van der Waals surface area contributed by atoms with Crippen molar-refractivity contribution in [1.29, 1.82) is 0 Å². The fourth-order valence-electron chi connectivity index (χ4n) is 2.72. The number of fused-ring (bicyclic) bond motifs is 1. The number of aromatic amines is 1. The lowest BCUT2D eigenvalue weighted by Crippen LogP contribution is -2.14. The zero-order chi connectivity index (χ0) is 16.6. The van der Waals surface area contributed by atoms with Crippen molar-refractivity contribution in [3.05, 3.63) is 58.8 Å². The third-order valence-electron chi connectivity index (χ3n) is 4.13.